The van der Waals surface area contributed by atoms with Gasteiger partial charge in [0, 0.05) is 19.6 Å². The molecule has 0 bridgehead atoms. The Morgan fingerprint density at radius 2 is 0.821 bits per heavy atom. The third-order valence-electron chi connectivity index (χ3n) is 11.6. The van der Waals surface area contributed by atoms with Gasteiger partial charge in [-0.25, -0.2) is 4.57 Å². The zero-order valence-electron chi connectivity index (χ0n) is 43.4. The monoisotopic (exact) mass is 958 g/mol. The molecule has 0 fully saturated rings. The van der Waals surface area contributed by atoms with Crippen LogP contribution in [0, 0.1) is 0 Å². The molecule has 0 aliphatic rings. The average molecular weight is 958 g/mol. The maximum Gasteiger partial charge on any atom is 0.472 e. The van der Waals surface area contributed by atoms with E-state index in [4.69, 9.17) is 24.3 Å². The molecule has 0 spiro atoms. The molecule has 2 atom stereocenters. The van der Waals surface area contributed by atoms with E-state index in [1.807, 2.05) is 0 Å². The second kappa shape index (κ2) is 54.6. The van der Waals surface area contributed by atoms with Crippen LogP contribution in [0.1, 0.15) is 239 Å². The molecule has 2 unspecified atom stereocenters. The second-order valence-corrected chi connectivity index (χ2v) is 19.5. The van der Waals surface area contributed by atoms with Gasteiger partial charge < -0.3 is 20.1 Å². The van der Waals surface area contributed by atoms with Crippen LogP contribution in [0.2, 0.25) is 0 Å². The van der Waals surface area contributed by atoms with Crippen LogP contribution >= 0.6 is 7.82 Å². The van der Waals surface area contributed by atoms with Crippen molar-refractivity contribution in [2.24, 2.45) is 5.73 Å². The zero-order valence-corrected chi connectivity index (χ0v) is 44.3. The number of phosphoric ester groups is 1. The maximum absolute atomic E-state index is 12.7. The molecule has 0 saturated carbocycles. The molecule has 67 heavy (non-hydrogen) atoms. The second-order valence-electron chi connectivity index (χ2n) is 18.1. The van der Waals surface area contributed by atoms with Gasteiger partial charge in [0.2, 0.25) is 0 Å². The first-order chi connectivity index (χ1) is 32.9. The lowest BCUT2D eigenvalue weighted by molar-refractivity contribution is -0.154. The fraction of sp³-hybridized carbons (Fsp3) is 0.741. The Bertz CT molecular complexity index is 1310. The third kappa shape index (κ3) is 54.5. The number of hydrogen-bond acceptors (Lipinski definition) is 7. The summed E-state index contributed by atoms with van der Waals surface area (Å²) in [6.07, 6.45) is 72.2. The van der Waals surface area contributed by atoms with Crippen LogP contribution in [-0.4, -0.2) is 49.9 Å². The van der Waals surface area contributed by atoms with E-state index in [0.29, 0.717) is 13.0 Å². The van der Waals surface area contributed by atoms with Crippen LogP contribution < -0.4 is 5.73 Å². The lowest BCUT2D eigenvalue weighted by atomic mass is 10.0. The molecule has 8 nitrogen and oxygen atoms in total. The van der Waals surface area contributed by atoms with Gasteiger partial charge in [-0.15, -0.1) is 0 Å². The van der Waals surface area contributed by atoms with Crippen LogP contribution in [0.15, 0.2) is 85.1 Å². The van der Waals surface area contributed by atoms with Gasteiger partial charge in [-0.3, -0.25) is 13.8 Å². The Kier molecular flexibility index (Phi) is 52.7. The topological polar surface area (TPSA) is 117 Å². The van der Waals surface area contributed by atoms with Gasteiger partial charge in [-0.2, -0.15) is 0 Å². The van der Waals surface area contributed by atoms with Gasteiger partial charge in [-0.1, -0.05) is 253 Å². The van der Waals surface area contributed by atoms with Gasteiger partial charge in [0.25, 0.3) is 0 Å². The number of ether oxygens (including phenoxy) is 2. The smallest absolute Gasteiger partial charge is 0.457 e. The molecule has 0 aromatic heterocycles. The van der Waals surface area contributed by atoms with Gasteiger partial charge in [0.15, 0.2) is 0 Å². The van der Waals surface area contributed by atoms with E-state index in [-0.39, 0.29) is 38.8 Å². The SMILES string of the molecule is CC/C=C\C/C=C\C/C=C\C/C=C\C/C=C\C/C=C\C/C=C\CCCC(=O)OC(COCCCCCCCCCCCCCCCCCCCCCCCCCCC)COP(=O)(O)OCCN. The van der Waals surface area contributed by atoms with Crippen molar-refractivity contribution in [3.63, 3.8) is 0 Å². The van der Waals surface area contributed by atoms with Crippen LogP contribution in [-0.2, 0) is 27.9 Å². The quantitative estimate of drug-likeness (QED) is 0.0268. The minimum Gasteiger partial charge on any atom is -0.457 e. The van der Waals surface area contributed by atoms with E-state index in [2.05, 4.69) is 98.9 Å². The van der Waals surface area contributed by atoms with Crippen molar-refractivity contribution >= 4 is 13.8 Å². The number of unbranched alkanes of at least 4 members (excludes halogenated alkanes) is 25. The minimum absolute atomic E-state index is 0.0882. The zero-order chi connectivity index (χ0) is 48.7. The molecule has 0 radical (unpaired) electrons. The molecule has 0 rings (SSSR count). The molecule has 9 heteroatoms. The van der Waals surface area contributed by atoms with Gasteiger partial charge >= 0.3 is 13.8 Å². The Morgan fingerprint density at radius 3 is 1.19 bits per heavy atom. The average Bonchev–Trinajstić information content (AvgIpc) is 3.32. The number of phosphoric acid groups is 1. The summed E-state index contributed by atoms with van der Waals surface area (Å²) in [4.78, 5) is 22.6. The Balaban J connectivity index is 3.99. The molecule has 0 saturated heterocycles. The van der Waals surface area contributed by atoms with Crippen molar-refractivity contribution in [3.8, 4) is 0 Å². The number of esters is 1. The Hall–Kier alpha value is -2.32. The van der Waals surface area contributed by atoms with Gasteiger partial charge in [0.05, 0.1) is 19.8 Å². The minimum atomic E-state index is -4.31. The van der Waals surface area contributed by atoms with Crippen molar-refractivity contribution in [2.75, 3.05) is 33.0 Å². The number of carbonyl (C=O) groups is 1. The predicted octanol–water partition coefficient (Wildman–Crippen LogP) is 17.6. The van der Waals surface area contributed by atoms with E-state index >= 15 is 0 Å². The highest BCUT2D eigenvalue weighted by Crippen LogP contribution is 2.43. The highest BCUT2D eigenvalue weighted by atomic mass is 31.2. The van der Waals surface area contributed by atoms with E-state index in [9.17, 15) is 14.3 Å². The maximum atomic E-state index is 12.7. The van der Waals surface area contributed by atoms with Crippen molar-refractivity contribution in [3.05, 3.63) is 85.1 Å². The normalized spacial score (nSPS) is 13.9. The summed E-state index contributed by atoms with van der Waals surface area (Å²) >= 11 is 0. The number of carbonyl (C=O) groups excluding carboxylic acids is 1. The van der Waals surface area contributed by atoms with Crippen LogP contribution in [0.3, 0.4) is 0 Å². The first-order valence-corrected chi connectivity index (χ1v) is 29.1. The molecule has 0 aliphatic carbocycles. The third-order valence-corrected chi connectivity index (χ3v) is 12.6. The van der Waals surface area contributed by atoms with E-state index in [1.54, 1.807) is 0 Å². The molecule has 0 aromatic carbocycles. The molecule has 0 heterocycles. The van der Waals surface area contributed by atoms with Gasteiger partial charge in [-0.05, 0) is 64.2 Å². The molecule has 0 aliphatic heterocycles. The molecule has 388 valence electrons. The number of nitrogens with two attached hydrogens (primary N) is 1. The highest BCUT2D eigenvalue weighted by Gasteiger charge is 2.25. The molecule has 3 N–H and O–H groups in total. The fourth-order valence-corrected chi connectivity index (χ4v) is 8.34. The molecule has 0 amide bonds. The fourth-order valence-electron chi connectivity index (χ4n) is 7.58. The molecular weight excluding hydrogens is 854 g/mol. The summed E-state index contributed by atoms with van der Waals surface area (Å²) in [6.45, 7) is 4.76. The highest BCUT2D eigenvalue weighted by molar-refractivity contribution is 7.47. The Labute approximate surface area is 413 Å². The summed E-state index contributed by atoms with van der Waals surface area (Å²) < 4.78 is 33.6. The lowest BCUT2D eigenvalue weighted by Crippen LogP contribution is -2.28. The molecular formula is C58H104NO7P. The molecule has 0 aromatic rings. The Morgan fingerprint density at radius 1 is 0.463 bits per heavy atom. The number of rotatable bonds is 52. The first-order valence-electron chi connectivity index (χ1n) is 27.6. The van der Waals surface area contributed by atoms with Crippen LogP contribution in [0.25, 0.3) is 0 Å². The summed E-state index contributed by atoms with van der Waals surface area (Å²) in [6, 6.07) is 0. The standard InChI is InChI=1S/C58H104NO7P/c1-3-5-7-9-11-13-15-17-19-21-23-25-27-28-30-32-34-36-38-40-42-44-46-48-50-53-63-55-57(56-65-67(61,62)64-54-52-59)66-58(60)51-49-47-45-43-41-39-37-35-33-31-29-26-24-22-20-18-16-14-12-10-8-6-4-2/h6,8,12,14,18,20,24,26,31,33,37,39,43,45,57H,3-5,7,9-11,13,15-17,19,21-23,25,27-30,32,34-36,38,40-42,44,46-56,59H2,1-2H3,(H,61,62)/b8-6-,14-12-,20-18-,26-24-,33-31-,39-37-,45-43-. The van der Waals surface area contributed by atoms with E-state index in [0.717, 1.165) is 64.2 Å². The summed E-state index contributed by atoms with van der Waals surface area (Å²) in [5, 5.41) is 0. The summed E-state index contributed by atoms with van der Waals surface area (Å²) in [5.41, 5.74) is 5.39. The van der Waals surface area contributed by atoms with Crippen LogP contribution in [0.5, 0.6) is 0 Å². The van der Waals surface area contributed by atoms with E-state index < -0.39 is 13.9 Å². The largest absolute Gasteiger partial charge is 0.472 e. The lowest BCUT2D eigenvalue weighted by Gasteiger charge is -2.20. The van der Waals surface area contributed by atoms with Crippen LogP contribution in [0.4, 0.5) is 0 Å². The van der Waals surface area contributed by atoms with E-state index in [1.165, 1.54) is 148 Å². The van der Waals surface area contributed by atoms with Crippen molar-refractivity contribution < 1.29 is 32.8 Å². The summed E-state index contributed by atoms with van der Waals surface area (Å²) in [7, 11) is -4.31. The van der Waals surface area contributed by atoms with Crippen molar-refractivity contribution in [2.45, 2.75) is 245 Å². The number of allylic oxidation sites excluding steroid dienone is 14. The summed E-state index contributed by atoms with van der Waals surface area (Å²) in [5.74, 6) is -0.386. The first kappa shape index (κ1) is 64.7. The van der Waals surface area contributed by atoms with Gasteiger partial charge in [0.1, 0.15) is 6.10 Å². The van der Waals surface area contributed by atoms with Crippen molar-refractivity contribution in [1.29, 1.82) is 0 Å². The number of hydrogen-bond donors (Lipinski definition) is 2. The predicted molar refractivity (Wildman–Crippen MR) is 288 cm³/mol. The van der Waals surface area contributed by atoms with Crippen molar-refractivity contribution in [1.82, 2.24) is 0 Å².